The van der Waals surface area contributed by atoms with Crippen molar-refractivity contribution in [1.82, 2.24) is 5.32 Å². The second-order valence-electron chi connectivity index (χ2n) is 10.5. The summed E-state index contributed by atoms with van der Waals surface area (Å²) in [6.45, 7) is -0.0675. The van der Waals surface area contributed by atoms with Crippen molar-refractivity contribution < 1.29 is 32.3 Å². The maximum Gasteiger partial charge on any atom is 0.387 e. The summed E-state index contributed by atoms with van der Waals surface area (Å²) in [6.07, 6.45) is 0.509. The van der Waals surface area contributed by atoms with Gasteiger partial charge in [-0.15, -0.1) is 12.4 Å². The standard InChI is InChI=1S/C33H29ClF3N3O4.ClH/c1-3-19(2)30(41)38-26-18-40(31(42)21-8-12-23(35)13-9-21)28-16-22(34)11-14-27(28)39(32(26)43)17-25-24-7-5-4-6-20(24)10-15-29(25)44-33(36)37;/h4-16,19,26,33H,3,17-18H2,1-2H3,(H,38,41);1H/t19-,26+;/m1./s1. The van der Waals surface area contributed by atoms with E-state index in [0.29, 0.717) is 17.4 Å². The third-order valence-corrected chi connectivity index (χ3v) is 7.93. The molecule has 0 saturated heterocycles. The van der Waals surface area contributed by atoms with E-state index in [-0.39, 0.29) is 53.2 Å². The Morgan fingerprint density at radius 2 is 1.73 bits per heavy atom. The van der Waals surface area contributed by atoms with Crippen molar-refractivity contribution in [3.63, 3.8) is 0 Å². The molecular weight excluding hydrogens is 630 g/mol. The number of benzene rings is 4. The molecule has 1 aliphatic heterocycles. The topological polar surface area (TPSA) is 79.0 Å². The monoisotopic (exact) mass is 659 g/mol. The van der Waals surface area contributed by atoms with Crippen LogP contribution in [0.5, 0.6) is 5.75 Å². The first kappa shape index (κ1) is 33.6. The lowest BCUT2D eigenvalue weighted by Gasteiger charge is -2.27. The molecule has 3 amide bonds. The van der Waals surface area contributed by atoms with E-state index in [1.165, 1.54) is 34.1 Å². The molecule has 0 unspecified atom stereocenters. The zero-order chi connectivity index (χ0) is 31.5. The molecule has 2 atom stereocenters. The van der Waals surface area contributed by atoms with Crippen LogP contribution in [0.15, 0.2) is 78.9 Å². The molecule has 0 bridgehead atoms. The summed E-state index contributed by atoms with van der Waals surface area (Å²) in [7, 11) is 0. The zero-order valence-corrected chi connectivity index (χ0v) is 25.9. The first-order valence-corrected chi connectivity index (χ1v) is 14.4. The van der Waals surface area contributed by atoms with Crippen LogP contribution >= 0.6 is 24.0 Å². The van der Waals surface area contributed by atoms with Crippen LogP contribution in [0.1, 0.15) is 36.2 Å². The Hall–Kier alpha value is -4.28. The molecular formula is C33H30Cl2F3N3O4. The molecule has 0 radical (unpaired) electrons. The molecule has 1 heterocycles. The van der Waals surface area contributed by atoms with Crippen LogP contribution in [0.4, 0.5) is 24.5 Å². The molecule has 5 rings (SSSR count). The number of hydrogen-bond acceptors (Lipinski definition) is 4. The second-order valence-corrected chi connectivity index (χ2v) is 10.9. The van der Waals surface area contributed by atoms with E-state index in [4.69, 9.17) is 16.3 Å². The van der Waals surface area contributed by atoms with Crippen LogP contribution in [-0.2, 0) is 16.1 Å². The van der Waals surface area contributed by atoms with Crippen LogP contribution in [-0.4, -0.2) is 36.9 Å². The summed E-state index contributed by atoms with van der Waals surface area (Å²) in [5.74, 6) is -2.60. The number of anilines is 2. The lowest BCUT2D eigenvalue weighted by molar-refractivity contribution is -0.129. The number of carbonyl (C=O) groups is 3. The number of alkyl halides is 2. The van der Waals surface area contributed by atoms with Gasteiger partial charge in [0.2, 0.25) is 5.91 Å². The average molecular weight is 661 g/mol. The Labute approximate surface area is 269 Å². The van der Waals surface area contributed by atoms with Crippen molar-refractivity contribution in [3.05, 3.63) is 101 Å². The van der Waals surface area contributed by atoms with Crippen LogP contribution in [0.2, 0.25) is 5.02 Å². The van der Waals surface area contributed by atoms with Crippen LogP contribution < -0.4 is 19.9 Å². The predicted molar refractivity (Wildman–Crippen MR) is 170 cm³/mol. The summed E-state index contributed by atoms with van der Waals surface area (Å²) in [6, 6.07) is 18.5. The van der Waals surface area contributed by atoms with E-state index in [0.717, 1.165) is 17.5 Å². The molecule has 45 heavy (non-hydrogen) atoms. The third-order valence-electron chi connectivity index (χ3n) is 7.69. The number of hydrogen-bond donors (Lipinski definition) is 1. The fourth-order valence-electron chi connectivity index (χ4n) is 5.16. The summed E-state index contributed by atoms with van der Waals surface area (Å²) in [5, 5.41) is 4.37. The first-order chi connectivity index (χ1) is 21.1. The summed E-state index contributed by atoms with van der Waals surface area (Å²) in [4.78, 5) is 44.0. The van der Waals surface area contributed by atoms with Gasteiger partial charge in [-0.3, -0.25) is 14.4 Å². The molecule has 12 heteroatoms. The van der Waals surface area contributed by atoms with E-state index in [2.05, 4.69) is 5.32 Å². The molecule has 0 aromatic heterocycles. The molecule has 1 aliphatic rings. The lowest BCUT2D eigenvalue weighted by Crippen LogP contribution is -2.53. The van der Waals surface area contributed by atoms with Gasteiger partial charge in [0.15, 0.2) is 0 Å². The smallest absolute Gasteiger partial charge is 0.387 e. The predicted octanol–water partition coefficient (Wildman–Crippen LogP) is 7.38. The van der Waals surface area contributed by atoms with E-state index in [1.807, 2.05) is 6.92 Å². The van der Waals surface area contributed by atoms with Gasteiger partial charge >= 0.3 is 6.61 Å². The molecule has 0 saturated carbocycles. The van der Waals surface area contributed by atoms with Crippen LogP contribution in [0.25, 0.3) is 10.8 Å². The molecule has 7 nitrogen and oxygen atoms in total. The van der Waals surface area contributed by atoms with Gasteiger partial charge in [0.1, 0.15) is 17.6 Å². The van der Waals surface area contributed by atoms with Gasteiger partial charge in [-0.05, 0) is 65.7 Å². The maximum atomic E-state index is 14.4. The number of rotatable bonds is 8. The van der Waals surface area contributed by atoms with E-state index in [1.54, 1.807) is 49.4 Å². The van der Waals surface area contributed by atoms with Gasteiger partial charge in [-0.1, -0.05) is 55.8 Å². The Balaban J connectivity index is 0.00000461. The molecule has 0 aliphatic carbocycles. The molecule has 236 valence electrons. The number of amides is 3. The number of nitrogens with zero attached hydrogens (tertiary/aromatic N) is 2. The highest BCUT2D eigenvalue weighted by Gasteiger charge is 2.38. The quantitative estimate of drug-likeness (QED) is 0.214. The normalized spacial score (nSPS) is 15.3. The maximum absolute atomic E-state index is 14.4. The molecule has 4 aromatic rings. The molecule has 1 N–H and O–H groups in total. The fraction of sp³-hybridized carbons (Fsp3) is 0.242. The lowest BCUT2D eigenvalue weighted by atomic mass is 10.0. The van der Waals surface area contributed by atoms with Crippen molar-refractivity contribution in [3.8, 4) is 5.75 Å². The number of nitrogens with one attached hydrogen (secondary N) is 1. The summed E-state index contributed by atoms with van der Waals surface area (Å²) in [5.41, 5.74) is 0.956. The Bertz CT molecular complexity index is 1720. The highest BCUT2D eigenvalue weighted by atomic mass is 35.5. The van der Waals surface area contributed by atoms with Crippen molar-refractivity contribution in [2.45, 2.75) is 39.5 Å². The first-order valence-electron chi connectivity index (χ1n) is 14.0. The van der Waals surface area contributed by atoms with Gasteiger partial charge in [0.25, 0.3) is 11.8 Å². The van der Waals surface area contributed by atoms with Crippen molar-refractivity contribution in [2.75, 3.05) is 16.3 Å². The summed E-state index contributed by atoms with van der Waals surface area (Å²) >= 11 is 6.39. The number of carbonyl (C=O) groups excluding carboxylic acids is 3. The van der Waals surface area contributed by atoms with Gasteiger partial charge in [-0.2, -0.15) is 8.78 Å². The SMILES string of the molecule is CC[C@@H](C)C(=O)N[C@H]1CN(C(=O)c2ccc(F)cc2)c2cc(Cl)ccc2N(Cc2c(OC(F)F)ccc3ccccc23)C1=O.Cl. The Kier molecular flexibility index (Phi) is 10.6. The summed E-state index contributed by atoms with van der Waals surface area (Å²) < 4.78 is 45.6. The van der Waals surface area contributed by atoms with Crippen LogP contribution in [0, 0.1) is 11.7 Å². The highest BCUT2D eigenvalue weighted by Crippen LogP contribution is 2.39. The van der Waals surface area contributed by atoms with Crippen LogP contribution in [0.3, 0.4) is 0 Å². The minimum absolute atomic E-state index is 0. The van der Waals surface area contributed by atoms with Crippen molar-refractivity contribution in [1.29, 1.82) is 0 Å². The van der Waals surface area contributed by atoms with Gasteiger partial charge in [-0.25, -0.2) is 4.39 Å². The minimum atomic E-state index is -3.12. The molecule has 0 spiro atoms. The number of ether oxygens (including phenoxy) is 1. The minimum Gasteiger partial charge on any atom is -0.434 e. The van der Waals surface area contributed by atoms with Crippen molar-refractivity contribution in [2.24, 2.45) is 5.92 Å². The number of fused-ring (bicyclic) bond motifs is 2. The molecule has 0 fully saturated rings. The fourth-order valence-corrected chi connectivity index (χ4v) is 5.33. The van der Waals surface area contributed by atoms with E-state index in [9.17, 15) is 27.6 Å². The second kappa shape index (κ2) is 14.2. The van der Waals surface area contributed by atoms with Gasteiger partial charge in [0, 0.05) is 22.1 Å². The van der Waals surface area contributed by atoms with E-state index < -0.39 is 42.1 Å². The Morgan fingerprint density at radius 3 is 2.42 bits per heavy atom. The Morgan fingerprint density at radius 1 is 1.02 bits per heavy atom. The molecule has 4 aromatic carbocycles. The average Bonchev–Trinajstić information content (AvgIpc) is 3.11. The van der Waals surface area contributed by atoms with Gasteiger partial charge in [0.05, 0.1) is 24.5 Å². The number of halogens is 5. The highest BCUT2D eigenvalue weighted by molar-refractivity contribution is 6.31. The largest absolute Gasteiger partial charge is 0.434 e. The van der Waals surface area contributed by atoms with Crippen molar-refractivity contribution >= 4 is 63.9 Å². The third kappa shape index (κ3) is 7.18. The van der Waals surface area contributed by atoms with E-state index >= 15 is 0 Å². The zero-order valence-electron chi connectivity index (χ0n) is 24.3. The van der Waals surface area contributed by atoms with Gasteiger partial charge < -0.3 is 19.9 Å².